The first-order chi connectivity index (χ1) is 12.1. The van der Waals surface area contributed by atoms with Crippen molar-refractivity contribution in [3.8, 4) is 0 Å². The molecular formula is C18H22N2O5. The van der Waals surface area contributed by atoms with Crippen LogP contribution < -0.4 is 10.9 Å². The van der Waals surface area contributed by atoms with Crippen LogP contribution in [0.15, 0.2) is 35.1 Å². The molecule has 1 aromatic heterocycles. The van der Waals surface area contributed by atoms with Crippen molar-refractivity contribution in [1.29, 1.82) is 0 Å². The number of hydrogen-bond acceptors (Lipinski definition) is 5. The number of nitrogens with one attached hydrogen (secondary N) is 2. The molecule has 0 saturated carbocycles. The molecule has 1 fully saturated rings. The fraction of sp³-hybridized carbons (Fsp3) is 0.444. The lowest BCUT2D eigenvalue weighted by Gasteiger charge is -2.36. The van der Waals surface area contributed by atoms with E-state index in [2.05, 4.69) is 10.3 Å². The van der Waals surface area contributed by atoms with Gasteiger partial charge in [-0.25, -0.2) is 0 Å². The Morgan fingerprint density at radius 1 is 1.28 bits per heavy atom. The van der Waals surface area contributed by atoms with Crippen molar-refractivity contribution in [1.82, 2.24) is 10.3 Å². The van der Waals surface area contributed by atoms with Gasteiger partial charge in [-0.1, -0.05) is 18.2 Å². The zero-order valence-electron chi connectivity index (χ0n) is 14.3. The van der Waals surface area contributed by atoms with E-state index < -0.39 is 11.5 Å². The zero-order chi connectivity index (χ0) is 17.8. The Hall–Kier alpha value is -2.22. The summed E-state index contributed by atoms with van der Waals surface area (Å²) in [7, 11) is 3.22. The first-order valence-electron chi connectivity index (χ1n) is 8.17. The summed E-state index contributed by atoms with van der Waals surface area (Å²) in [4.78, 5) is 27.3. The second-order valence-electron chi connectivity index (χ2n) is 6.08. The van der Waals surface area contributed by atoms with Gasteiger partial charge >= 0.3 is 0 Å². The van der Waals surface area contributed by atoms with Crippen LogP contribution in [0.25, 0.3) is 10.9 Å². The van der Waals surface area contributed by atoms with Gasteiger partial charge < -0.3 is 24.5 Å². The van der Waals surface area contributed by atoms with Crippen LogP contribution in [0, 0.1) is 5.92 Å². The number of H-pyrrole nitrogens is 1. The molecule has 25 heavy (non-hydrogen) atoms. The molecule has 2 N–H and O–H groups in total. The summed E-state index contributed by atoms with van der Waals surface area (Å²) in [5.74, 6) is -0.464. The Morgan fingerprint density at radius 2 is 2.08 bits per heavy atom. The van der Waals surface area contributed by atoms with E-state index in [9.17, 15) is 9.59 Å². The molecule has 0 spiro atoms. The van der Waals surface area contributed by atoms with Gasteiger partial charge in [0.25, 0.3) is 11.5 Å². The van der Waals surface area contributed by atoms with Crippen molar-refractivity contribution in [2.75, 3.05) is 34.0 Å². The van der Waals surface area contributed by atoms with Gasteiger partial charge in [0.15, 0.2) is 0 Å². The molecule has 1 aromatic carbocycles. The van der Waals surface area contributed by atoms with E-state index in [-0.39, 0.29) is 23.7 Å². The van der Waals surface area contributed by atoms with Crippen molar-refractivity contribution in [2.24, 2.45) is 5.92 Å². The average molecular weight is 346 g/mol. The number of ether oxygens (including phenoxy) is 3. The predicted octanol–water partition coefficient (Wildman–Crippen LogP) is 0.934. The number of aromatic amines is 1. The number of carbonyl (C=O) groups is 1. The molecule has 7 heteroatoms. The number of fused-ring (bicyclic) bond motifs is 1. The lowest BCUT2D eigenvalue weighted by molar-refractivity contribution is -0.145. The molecule has 0 aliphatic carbocycles. The third-order valence-corrected chi connectivity index (χ3v) is 4.54. The number of aromatic nitrogens is 1. The van der Waals surface area contributed by atoms with Gasteiger partial charge in [0.05, 0.1) is 19.3 Å². The van der Waals surface area contributed by atoms with Gasteiger partial charge in [-0.15, -0.1) is 0 Å². The molecule has 0 radical (unpaired) electrons. The Balaban J connectivity index is 1.72. The molecule has 134 valence electrons. The lowest BCUT2D eigenvalue weighted by atomic mass is 9.96. The van der Waals surface area contributed by atoms with Gasteiger partial charge in [-0.2, -0.15) is 0 Å². The maximum atomic E-state index is 12.5. The summed E-state index contributed by atoms with van der Waals surface area (Å²) in [6.07, 6.45) is -0.348. The monoisotopic (exact) mass is 346 g/mol. The second-order valence-corrected chi connectivity index (χ2v) is 6.08. The third kappa shape index (κ3) is 3.73. The quantitative estimate of drug-likeness (QED) is 0.841. The third-order valence-electron chi connectivity index (χ3n) is 4.54. The molecule has 2 heterocycles. The van der Waals surface area contributed by atoms with Crippen LogP contribution in [-0.2, 0) is 14.2 Å². The van der Waals surface area contributed by atoms with Crippen LogP contribution in [0.4, 0.5) is 0 Å². The molecule has 1 aliphatic rings. The van der Waals surface area contributed by atoms with Gasteiger partial charge in [0.1, 0.15) is 11.7 Å². The van der Waals surface area contributed by atoms with E-state index in [1.807, 2.05) is 18.2 Å². The van der Waals surface area contributed by atoms with Crippen LogP contribution in [0.3, 0.4) is 0 Å². The molecule has 0 unspecified atom stereocenters. The largest absolute Gasteiger partial charge is 0.378 e. The number of carbonyl (C=O) groups excluding carboxylic acids is 1. The van der Waals surface area contributed by atoms with Crippen LogP contribution in [0.2, 0.25) is 0 Å². The molecule has 3 rings (SSSR count). The normalized spacial score (nSPS) is 23.5. The zero-order valence-corrected chi connectivity index (χ0v) is 14.3. The van der Waals surface area contributed by atoms with Crippen LogP contribution in [0.5, 0.6) is 0 Å². The molecule has 1 saturated heterocycles. The van der Waals surface area contributed by atoms with Gasteiger partial charge in [-0.3, -0.25) is 9.59 Å². The van der Waals surface area contributed by atoms with Crippen molar-refractivity contribution < 1.29 is 19.0 Å². The minimum atomic E-state index is -0.415. The second kappa shape index (κ2) is 7.77. The summed E-state index contributed by atoms with van der Waals surface area (Å²) in [5.41, 5.74) is 0.383. The number of benzene rings is 1. The minimum Gasteiger partial charge on any atom is -0.378 e. The summed E-state index contributed by atoms with van der Waals surface area (Å²) in [6.45, 7) is 1.26. The summed E-state index contributed by atoms with van der Waals surface area (Å²) < 4.78 is 16.4. The standard InChI is InChI=1S/C18H22N2O5/c1-23-15-10-25-9-12(16(15)24-2)8-19-17(21)13-7-11-5-3-4-6-14(11)20-18(13)22/h3-7,12,15-16H,8-10H2,1-2H3,(H,19,21)(H,20,22)/t12-,15-,16+/m1/s1. The van der Waals surface area contributed by atoms with E-state index in [0.29, 0.717) is 25.3 Å². The Morgan fingerprint density at radius 3 is 2.84 bits per heavy atom. The topological polar surface area (TPSA) is 89.7 Å². The number of hydrogen-bond donors (Lipinski definition) is 2. The van der Waals surface area contributed by atoms with Crippen molar-refractivity contribution in [2.45, 2.75) is 12.2 Å². The molecule has 7 nitrogen and oxygen atoms in total. The number of para-hydroxylation sites is 1. The SMILES string of the molecule is CO[C@H]1[C@H](CNC(=O)c2cc3ccccc3[nH]c2=O)COC[C@H]1OC. The average Bonchev–Trinajstić information content (AvgIpc) is 2.64. The van der Waals surface area contributed by atoms with Crippen LogP contribution in [0.1, 0.15) is 10.4 Å². The maximum absolute atomic E-state index is 12.5. The number of methoxy groups -OCH3 is 2. The van der Waals surface area contributed by atoms with Crippen molar-refractivity contribution in [3.05, 3.63) is 46.2 Å². The molecule has 0 bridgehead atoms. The highest BCUT2D eigenvalue weighted by Crippen LogP contribution is 2.20. The predicted molar refractivity (Wildman–Crippen MR) is 92.8 cm³/mol. The number of pyridine rings is 1. The molecule has 1 amide bonds. The molecule has 3 atom stereocenters. The first-order valence-corrected chi connectivity index (χ1v) is 8.17. The summed E-state index contributed by atoms with van der Waals surface area (Å²) in [6, 6.07) is 8.94. The van der Waals surface area contributed by atoms with Crippen LogP contribution >= 0.6 is 0 Å². The fourth-order valence-electron chi connectivity index (χ4n) is 3.19. The number of amides is 1. The van der Waals surface area contributed by atoms with E-state index in [1.165, 1.54) is 0 Å². The fourth-order valence-corrected chi connectivity index (χ4v) is 3.19. The van der Waals surface area contributed by atoms with Gasteiger partial charge in [-0.05, 0) is 17.5 Å². The Kier molecular flexibility index (Phi) is 5.47. The highest BCUT2D eigenvalue weighted by Gasteiger charge is 2.34. The Labute approximate surface area is 145 Å². The highest BCUT2D eigenvalue weighted by atomic mass is 16.6. The molecule has 2 aromatic rings. The molecular weight excluding hydrogens is 324 g/mol. The van der Waals surface area contributed by atoms with Crippen LogP contribution in [-0.4, -0.2) is 57.1 Å². The van der Waals surface area contributed by atoms with Crippen molar-refractivity contribution >= 4 is 16.8 Å². The van der Waals surface area contributed by atoms with Gasteiger partial charge in [0.2, 0.25) is 0 Å². The minimum absolute atomic E-state index is 0.0489. The maximum Gasteiger partial charge on any atom is 0.261 e. The first kappa shape index (κ1) is 17.6. The Bertz CT molecular complexity index is 803. The van der Waals surface area contributed by atoms with E-state index in [1.54, 1.807) is 26.4 Å². The summed E-state index contributed by atoms with van der Waals surface area (Å²) >= 11 is 0. The van der Waals surface area contributed by atoms with E-state index in [0.717, 1.165) is 5.39 Å². The number of rotatable bonds is 5. The highest BCUT2D eigenvalue weighted by molar-refractivity contribution is 5.97. The lowest BCUT2D eigenvalue weighted by Crippen LogP contribution is -2.50. The smallest absolute Gasteiger partial charge is 0.261 e. The van der Waals surface area contributed by atoms with E-state index in [4.69, 9.17) is 14.2 Å². The van der Waals surface area contributed by atoms with E-state index >= 15 is 0 Å². The molecule has 1 aliphatic heterocycles. The summed E-state index contributed by atoms with van der Waals surface area (Å²) in [5, 5.41) is 3.62. The van der Waals surface area contributed by atoms with Gasteiger partial charge in [0, 0.05) is 32.2 Å². The van der Waals surface area contributed by atoms with Crippen molar-refractivity contribution in [3.63, 3.8) is 0 Å².